The zero-order valence-corrected chi connectivity index (χ0v) is 21.5. The number of imidazole rings is 1. The maximum atomic E-state index is 13.4. The minimum atomic E-state index is 0.223. The smallest absolute Gasteiger partial charge is 0.185 e. The van der Waals surface area contributed by atoms with E-state index in [1.54, 1.807) is 0 Å². The first-order valence-electron chi connectivity index (χ1n) is 13.3. The van der Waals surface area contributed by atoms with E-state index in [-0.39, 0.29) is 5.43 Å². The second kappa shape index (κ2) is 12.0. The highest BCUT2D eigenvalue weighted by Gasteiger charge is 2.14. The fraction of sp³-hybridized carbons (Fsp3) is 0.375. The quantitative estimate of drug-likeness (QED) is 0.226. The van der Waals surface area contributed by atoms with Crippen molar-refractivity contribution in [2.75, 3.05) is 0 Å². The fourth-order valence-corrected chi connectivity index (χ4v) is 4.77. The van der Waals surface area contributed by atoms with Crippen LogP contribution in [0, 0.1) is 0 Å². The summed E-state index contributed by atoms with van der Waals surface area (Å²) in [5.41, 5.74) is 7.84. The number of hydrogen-bond acceptors (Lipinski definition) is 2. The number of unbranched alkanes of at least 4 members (excludes halogenated alkanes) is 2. The molecule has 3 aromatic carbocycles. The van der Waals surface area contributed by atoms with Gasteiger partial charge in [0.1, 0.15) is 5.82 Å². The lowest BCUT2D eigenvalue weighted by molar-refractivity contribution is 0.720. The van der Waals surface area contributed by atoms with Crippen LogP contribution >= 0.6 is 0 Å². The van der Waals surface area contributed by atoms with E-state index in [4.69, 9.17) is 4.98 Å². The molecule has 0 unspecified atom stereocenters. The van der Waals surface area contributed by atoms with E-state index in [0.717, 1.165) is 85.9 Å². The molecule has 3 heteroatoms. The van der Waals surface area contributed by atoms with Gasteiger partial charge < -0.3 is 4.57 Å². The van der Waals surface area contributed by atoms with Gasteiger partial charge in [-0.3, -0.25) is 4.79 Å². The standard InChI is InChI=1S/C32H38N2O/c1-4-7-13-27-21-29-30(22-28(32(27)35)14-8-5-2)34(31(33-29)12-6-3)23-24-17-19-26(20-18-24)25-15-10-9-11-16-25/h9-11,15-22H,4-8,12-14,23H2,1-3H3. The van der Waals surface area contributed by atoms with E-state index in [9.17, 15) is 4.79 Å². The van der Waals surface area contributed by atoms with Crippen molar-refractivity contribution in [3.63, 3.8) is 0 Å². The van der Waals surface area contributed by atoms with Gasteiger partial charge in [-0.1, -0.05) is 88.2 Å². The summed E-state index contributed by atoms with van der Waals surface area (Å²) in [6, 6.07) is 23.6. The fourth-order valence-electron chi connectivity index (χ4n) is 4.77. The summed E-state index contributed by atoms with van der Waals surface area (Å²) in [7, 11) is 0. The highest BCUT2D eigenvalue weighted by molar-refractivity contribution is 5.77. The Balaban J connectivity index is 1.78. The molecule has 0 saturated heterocycles. The number of aromatic nitrogens is 2. The summed E-state index contributed by atoms with van der Waals surface area (Å²) in [6.45, 7) is 7.33. The number of nitrogens with zero attached hydrogens (tertiary/aromatic N) is 2. The zero-order chi connectivity index (χ0) is 24.6. The molecule has 0 atom stereocenters. The van der Waals surface area contributed by atoms with Gasteiger partial charge in [-0.15, -0.1) is 0 Å². The SMILES string of the molecule is CCCCc1cc2nc(CCC)n(Cc3ccc(-c4ccccc4)cc3)c2cc(CCCC)c1=O. The largest absolute Gasteiger partial charge is 0.323 e. The first-order valence-corrected chi connectivity index (χ1v) is 13.3. The maximum Gasteiger partial charge on any atom is 0.185 e. The van der Waals surface area contributed by atoms with Crippen LogP contribution in [0.1, 0.15) is 75.4 Å². The molecule has 1 heterocycles. The van der Waals surface area contributed by atoms with Gasteiger partial charge >= 0.3 is 0 Å². The highest BCUT2D eigenvalue weighted by Crippen LogP contribution is 2.23. The third-order valence-corrected chi connectivity index (χ3v) is 6.79. The Morgan fingerprint density at radius 1 is 0.714 bits per heavy atom. The van der Waals surface area contributed by atoms with Crippen LogP contribution in [0.4, 0.5) is 0 Å². The lowest BCUT2D eigenvalue weighted by atomic mass is 10.0. The normalized spacial score (nSPS) is 11.3. The van der Waals surface area contributed by atoms with Crippen molar-refractivity contribution in [2.24, 2.45) is 0 Å². The molecule has 0 spiro atoms. The van der Waals surface area contributed by atoms with Crippen LogP contribution in [0.15, 0.2) is 71.5 Å². The second-order valence-electron chi connectivity index (χ2n) is 9.57. The summed E-state index contributed by atoms with van der Waals surface area (Å²) >= 11 is 0. The van der Waals surface area contributed by atoms with Crippen molar-refractivity contribution in [1.29, 1.82) is 0 Å². The van der Waals surface area contributed by atoms with Gasteiger partial charge in [-0.05, 0) is 60.9 Å². The van der Waals surface area contributed by atoms with Crippen LogP contribution in [0.5, 0.6) is 0 Å². The van der Waals surface area contributed by atoms with Crippen molar-refractivity contribution >= 4 is 11.0 Å². The zero-order valence-electron chi connectivity index (χ0n) is 21.5. The lowest BCUT2D eigenvalue weighted by Crippen LogP contribution is -2.12. The number of benzene rings is 2. The Kier molecular flexibility index (Phi) is 8.52. The summed E-state index contributed by atoms with van der Waals surface area (Å²) in [5.74, 6) is 1.11. The predicted molar refractivity (Wildman–Crippen MR) is 148 cm³/mol. The van der Waals surface area contributed by atoms with Crippen molar-refractivity contribution in [1.82, 2.24) is 9.55 Å². The number of aryl methyl sites for hydroxylation is 3. The summed E-state index contributed by atoms with van der Waals surface area (Å²) in [4.78, 5) is 18.5. The summed E-state index contributed by atoms with van der Waals surface area (Å²) in [5, 5.41) is 0. The van der Waals surface area contributed by atoms with Gasteiger partial charge in [0.05, 0.1) is 11.0 Å². The molecule has 0 aliphatic heterocycles. The Morgan fingerprint density at radius 3 is 1.97 bits per heavy atom. The second-order valence-corrected chi connectivity index (χ2v) is 9.57. The van der Waals surface area contributed by atoms with E-state index in [2.05, 4.69) is 86.0 Å². The summed E-state index contributed by atoms with van der Waals surface area (Å²) < 4.78 is 2.34. The van der Waals surface area contributed by atoms with Gasteiger partial charge in [0, 0.05) is 24.1 Å². The number of hydrogen-bond donors (Lipinski definition) is 0. The molecule has 0 bridgehead atoms. The van der Waals surface area contributed by atoms with Crippen LogP contribution < -0.4 is 5.43 Å². The Bertz CT molecular complexity index is 1300. The minimum Gasteiger partial charge on any atom is -0.323 e. The first-order chi connectivity index (χ1) is 17.1. The molecule has 0 N–H and O–H groups in total. The van der Waals surface area contributed by atoms with E-state index in [0.29, 0.717) is 0 Å². The molecule has 35 heavy (non-hydrogen) atoms. The van der Waals surface area contributed by atoms with Gasteiger partial charge in [0.2, 0.25) is 0 Å². The first kappa shape index (κ1) is 24.9. The Morgan fingerprint density at radius 2 is 1.34 bits per heavy atom. The Hall–Kier alpha value is -3.20. The maximum absolute atomic E-state index is 13.4. The molecule has 0 fully saturated rings. The van der Waals surface area contributed by atoms with Crippen molar-refractivity contribution in [3.05, 3.63) is 99.5 Å². The minimum absolute atomic E-state index is 0.223. The molecule has 0 saturated carbocycles. The topological polar surface area (TPSA) is 34.9 Å². The van der Waals surface area contributed by atoms with Gasteiger partial charge in [-0.25, -0.2) is 4.98 Å². The monoisotopic (exact) mass is 466 g/mol. The molecule has 0 aliphatic carbocycles. The third kappa shape index (κ3) is 5.90. The van der Waals surface area contributed by atoms with Crippen LogP contribution in [-0.2, 0) is 25.8 Å². The van der Waals surface area contributed by atoms with Crippen molar-refractivity contribution < 1.29 is 0 Å². The molecular formula is C32H38N2O. The van der Waals surface area contributed by atoms with Crippen LogP contribution in [0.25, 0.3) is 22.2 Å². The average Bonchev–Trinajstić information content (AvgIpc) is 3.12. The van der Waals surface area contributed by atoms with E-state index < -0.39 is 0 Å². The molecule has 4 rings (SSSR count). The summed E-state index contributed by atoms with van der Waals surface area (Å²) in [6.07, 6.45) is 7.86. The van der Waals surface area contributed by atoms with E-state index in [1.165, 1.54) is 16.7 Å². The van der Waals surface area contributed by atoms with Gasteiger partial charge in [0.15, 0.2) is 5.43 Å². The molecule has 3 nitrogen and oxygen atoms in total. The molecule has 182 valence electrons. The van der Waals surface area contributed by atoms with Gasteiger partial charge in [0.25, 0.3) is 0 Å². The predicted octanol–water partition coefficient (Wildman–Crippen LogP) is 7.75. The van der Waals surface area contributed by atoms with Crippen LogP contribution in [-0.4, -0.2) is 9.55 Å². The molecule has 0 radical (unpaired) electrons. The highest BCUT2D eigenvalue weighted by atomic mass is 16.1. The number of rotatable bonds is 11. The Labute approximate surface area is 209 Å². The number of fused-ring (bicyclic) bond motifs is 1. The van der Waals surface area contributed by atoms with Crippen molar-refractivity contribution in [2.45, 2.75) is 78.7 Å². The van der Waals surface area contributed by atoms with E-state index in [1.807, 2.05) is 6.07 Å². The molecule has 1 aromatic heterocycles. The van der Waals surface area contributed by atoms with Crippen LogP contribution in [0.3, 0.4) is 0 Å². The molecule has 4 aromatic rings. The average molecular weight is 467 g/mol. The van der Waals surface area contributed by atoms with Gasteiger partial charge in [-0.2, -0.15) is 0 Å². The third-order valence-electron chi connectivity index (χ3n) is 6.79. The van der Waals surface area contributed by atoms with Crippen molar-refractivity contribution in [3.8, 4) is 11.1 Å². The molecular weight excluding hydrogens is 428 g/mol. The van der Waals surface area contributed by atoms with Crippen LogP contribution in [0.2, 0.25) is 0 Å². The van der Waals surface area contributed by atoms with E-state index >= 15 is 0 Å². The molecule has 0 amide bonds. The molecule has 0 aliphatic rings. The lowest BCUT2D eigenvalue weighted by Gasteiger charge is -2.10.